The van der Waals surface area contributed by atoms with E-state index < -0.39 is 12.1 Å². The molecule has 0 saturated carbocycles. The maximum Gasteiger partial charge on any atom is 0.344 e. The van der Waals surface area contributed by atoms with E-state index in [2.05, 4.69) is 9.80 Å². The largest absolute Gasteiger partial charge is 0.490 e. The summed E-state index contributed by atoms with van der Waals surface area (Å²) in [6.07, 6.45) is 3.57. The highest BCUT2D eigenvalue weighted by Crippen LogP contribution is 2.33. The molecule has 4 rings (SSSR count). The van der Waals surface area contributed by atoms with Crippen LogP contribution in [0.2, 0.25) is 10.0 Å². The third-order valence-electron chi connectivity index (χ3n) is 6.72. The van der Waals surface area contributed by atoms with Gasteiger partial charge in [0.05, 0.1) is 15.7 Å². The number of likely N-dealkylation sites (tertiary alicyclic amines) is 1. The molecule has 0 bridgehead atoms. The standard InChI is InChI=1S/C26H32Cl2N2O4/c1-18(26(31)32)33-25-5-3-2-4-24(25)30-14-8-19(9-15-30)17-29-12-10-20(11-13-29)34-21-6-7-22(27)23(28)16-21/h2-7,16,18-20H,8-15,17H2,1H3,(H,31,32)/t18-/m1/s1. The van der Waals surface area contributed by atoms with Gasteiger partial charge in [-0.3, -0.25) is 0 Å². The lowest BCUT2D eigenvalue weighted by atomic mass is 9.94. The van der Waals surface area contributed by atoms with Gasteiger partial charge in [0, 0.05) is 38.8 Å². The summed E-state index contributed by atoms with van der Waals surface area (Å²) in [5.41, 5.74) is 0.981. The zero-order valence-electron chi connectivity index (χ0n) is 19.5. The van der Waals surface area contributed by atoms with Crippen LogP contribution in [0.1, 0.15) is 32.6 Å². The van der Waals surface area contributed by atoms with Gasteiger partial charge in [-0.15, -0.1) is 0 Å². The van der Waals surface area contributed by atoms with Crippen LogP contribution in [0.25, 0.3) is 0 Å². The molecule has 2 heterocycles. The van der Waals surface area contributed by atoms with Crippen LogP contribution >= 0.6 is 23.2 Å². The van der Waals surface area contributed by atoms with Crippen LogP contribution < -0.4 is 14.4 Å². The lowest BCUT2D eigenvalue weighted by Crippen LogP contribution is -2.43. The highest BCUT2D eigenvalue weighted by molar-refractivity contribution is 6.42. The van der Waals surface area contributed by atoms with Gasteiger partial charge in [-0.05, 0) is 62.8 Å². The van der Waals surface area contributed by atoms with E-state index in [9.17, 15) is 9.90 Å². The number of anilines is 1. The fourth-order valence-electron chi connectivity index (χ4n) is 4.73. The molecule has 184 valence electrons. The summed E-state index contributed by atoms with van der Waals surface area (Å²) in [4.78, 5) is 16.1. The average molecular weight is 507 g/mol. The number of hydrogen-bond acceptors (Lipinski definition) is 5. The molecule has 8 heteroatoms. The monoisotopic (exact) mass is 506 g/mol. The Balaban J connectivity index is 1.22. The van der Waals surface area contributed by atoms with E-state index >= 15 is 0 Å². The Kier molecular flexibility index (Phi) is 8.46. The Labute approximate surface area is 211 Å². The molecule has 6 nitrogen and oxygen atoms in total. The molecule has 0 radical (unpaired) electrons. The van der Waals surface area contributed by atoms with Crippen molar-refractivity contribution >= 4 is 34.9 Å². The number of rotatable bonds is 8. The first-order chi connectivity index (χ1) is 16.4. The molecule has 1 atom stereocenters. The molecular formula is C26H32Cl2N2O4. The highest BCUT2D eigenvalue weighted by atomic mass is 35.5. The van der Waals surface area contributed by atoms with Gasteiger partial charge in [0.15, 0.2) is 6.10 Å². The summed E-state index contributed by atoms with van der Waals surface area (Å²) in [6, 6.07) is 13.2. The van der Waals surface area contributed by atoms with Gasteiger partial charge in [0.2, 0.25) is 0 Å². The average Bonchev–Trinajstić information content (AvgIpc) is 2.83. The molecule has 2 fully saturated rings. The lowest BCUT2D eigenvalue weighted by Gasteiger charge is -2.38. The minimum Gasteiger partial charge on any atom is -0.490 e. The third-order valence-corrected chi connectivity index (χ3v) is 7.46. The second-order valence-electron chi connectivity index (χ2n) is 9.19. The maximum atomic E-state index is 11.2. The second-order valence-corrected chi connectivity index (χ2v) is 10.0. The van der Waals surface area contributed by atoms with E-state index in [1.165, 1.54) is 0 Å². The van der Waals surface area contributed by atoms with Crippen molar-refractivity contribution in [3.63, 3.8) is 0 Å². The first-order valence-corrected chi connectivity index (χ1v) is 12.7. The molecule has 2 aliphatic heterocycles. The van der Waals surface area contributed by atoms with Gasteiger partial charge >= 0.3 is 5.97 Å². The molecule has 0 aromatic heterocycles. The number of carboxylic acids is 1. The number of nitrogens with zero attached hydrogens (tertiary/aromatic N) is 2. The number of piperidine rings is 2. The Morgan fingerprint density at radius 2 is 1.74 bits per heavy atom. The van der Waals surface area contributed by atoms with Gasteiger partial charge in [0.1, 0.15) is 17.6 Å². The van der Waals surface area contributed by atoms with Gasteiger partial charge in [0.25, 0.3) is 0 Å². The van der Waals surface area contributed by atoms with Crippen molar-refractivity contribution < 1.29 is 19.4 Å². The summed E-state index contributed by atoms with van der Waals surface area (Å²) in [5.74, 6) is 1.12. The summed E-state index contributed by atoms with van der Waals surface area (Å²) in [7, 11) is 0. The quantitative estimate of drug-likeness (QED) is 0.502. The molecule has 0 aliphatic carbocycles. The highest BCUT2D eigenvalue weighted by Gasteiger charge is 2.27. The predicted octanol–water partition coefficient (Wildman–Crippen LogP) is 5.61. The molecule has 2 aromatic carbocycles. The van der Waals surface area contributed by atoms with Crippen LogP contribution in [0.4, 0.5) is 5.69 Å². The van der Waals surface area contributed by atoms with Crippen molar-refractivity contribution in [2.24, 2.45) is 5.92 Å². The first kappa shape index (κ1) is 25.0. The van der Waals surface area contributed by atoms with Crippen molar-refractivity contribution in [1.82, 2.24) is 4.90 Å². The van der Waals surface area contributed by atoms with Crippen molar-refractivity contribution in [3.05, 3.63) is 52.5 Å². The Hall–Kier alpha value is -2.15. The molecule has 2 aliphatic rings. The van der Waals surface area contributed by atoms with Crippen LogP contribution in [0.15, 0.2) is 42.5 Å². The van der Waals surface area contributed by atoms with Crippen LogP contribution in [0.3, 0.4) is 0 Å². The molecular weight excluding hydrogens is 475 g/mol. The molecule has 2 aromatic rings. The van der Waals surface area contributed by atoms with Crippen LogP contribution in [-0.4, -0.2) is 60.9 Å². The third kappa shape index (κ3) is 6.49. The van der Waals surface area contributed by atoms with E-state index in [4.69, 9.17) is 32.7 Å². The number of aliphatic carboxylic acids is 1. The Morgan fingerprint density at radius 1 is 1.03 bits per heavy atom. The first-order valence-electron chi connectivity index (χ1n) is 12.0. The summed E-state index contributed by atoms with van der Waals surface area (Å²) in [6.45, 7) is 6.64. The fraction of sp³-hybridized carbons (Fsp3) is 0.500. The topological polar surface area (TPSA) is 62.2 Å². The van der Waals surface area contributed by atoms with Gasteiger partial charge in [-0.25, -0.2) is 4.79 Å². The molecule has 34 heavy (non-hydrogen) atoms. The van der Waals surface area contributed by atoms with Crippen molar-refractivity contribution in [2.75, 3.05) is 37.6 Å². The van der Waals surface area contributed by atoms with E-state index in [-0.39, 0.29) is 6.10 Å². The maximum absolute atomic E-state index is 11.2. The molecule has 0 unspecified atom stereocenters. The van der Waals surface area contributed by atoms with E-state index in [0.717, 1.165) is 69.8 Å². The number of ether oxygens (including phenoxy) is 2. The van der Waals surface area contributed by atoms with Gasteiger partial charge in [-0.2, -0.15) is 0 Å². The number of carbonyl (C=O) groups is 1. The number of para-hydroxylation sites is 2. The summed E-state index contributed by atoms with van der Waals surface area (Å²) in [5, 5.41) is 10.2. The Morgan fingerprint density at radius 3 is 2.41 bits per heavy atom. The van der Waals surface area contributed by atoms with Gasteiger partial charge < -0.3 is 24.4 Å². The minimum absolute atomic E-state index is 0.208. The SMILES string of the molecule is C[C@@H](Oc1ccccc1N1CCC(CN2CCC(Oc3ccc(Cl)c(Cl)c3)CC2)CC1)C(=O)O. The number of benzene rings is 2. The van der Waals surface area contributed by atoms with E-state index in [1.807, 2.05) is 30.3 Å². The van der Waals surface area contributed by atoms with Crippen molar-refractivity contribution in [3.8, 4) is 11.5 Å². The number of hydrogen-bond donors (Lipinski definition) is 1. The minimum atomic E-state index is -0.959. The zero-order valence-corrected chi connectivity index (χ0v) is 21.0. The van der Waals surface area contributed by atoms with E-state index in [0.29, 0.717) is 21.7 Å². The zero-order chi connectivity index (χ0) is 24.1. The summed E-state index contributed by atoms with van der Waals surface area (Å²) < 4.78 is 11.8. The number of carboxylic acid groups (broad SMARTS) is 1. The van der Waals surface area contributed by atoms with Crippen LogP contribution in [-0.2, 0) is 4.79 Å². The van der Waals surface area contributed by atoms with Crippen molar-refractivity contribution in [2.45, 2.75) is 44.8 Å². The lowest BCUT2D eigenvalue weighted by molar-refractivity contribution is -0.144. The fourth-order valence-corrected chi connectivity index (χ4v) is 5.02. The summed E-state index contributed by atoms with van der Waals surface area (Å²) >= 11 is 12.1. The second kappa shape index (κ2) is 11.5. The molecule has 0 spiro atoms. The van der Waals surface area contributed by atoms with Crippen LogP contribution in [0, 0.1) is 5.92 Å². The molecule has 2 saturated heterocycles. The van der Waals surface area contributed by atoms with Crippen LogP contribution in [0.5, 0.6) is 11.5 Å². The smallest absolute Gasteiger partial charge is 0.344 e. The van der Waals surface area contributed by atoms with Crippen molar-refractivity contribution in [1.29, 1.82) is 0 Å². The Bertz CT molecular complexity index is 973. The molecule has 1 N–H and O–H groups in total. The normalized spacial score (nSPS) is 19.1. The number of halogens is 2. The van der Waals surface area contributed by atoms with E-state index in [1.54, 1.807) is 19.1 Å². The molecule has 0 amide bonds. The van der Waals surface area contributed by atoms with Gasteiger partial charge in [-0.1, -0.05) is 35.3 Å². The predicted molar refractivity (Wildman–Crippen MR) is 136 cm³/mol.